The van der Waals surface area contributed by atoms with E-state index in [1.165, 1.54) is 18.5 Å². The van der Waals surface area contributed by atoms with Crippen molar-refractivity contribution in [3.63, 3.8) is 0 Å². The predicted octanol–water partition coefficient (Wildman–Crippen LogP) is 4.02. The highest BCUT2D eigenvalue weighted by atomic mass is 79.9. The molecule has 1 heterocycles. The monoisotopic (exact) mass is 399 g/mol. The van der Waals surface area contributed by atoms with E-state index in [0.717, 1.165) is 11.1 Å². The van der Waals surface area contributed by atoms with Gasteiger partial charge in [-0.1, -0.05) is 36.4 Å². The highest BCUT2D eigenvalue weighted by Crippen LogP contribution is 2.17. The van der Waals surface area contributed by atoms with Gasteiger partial charge in [-0.15, -0.1) is 0 Å². The molecule has 0 saturated carbocycles. The van der Waals surface area contributed by atoms with Crippen LogP contribution in [0.25, 0.3) is 11.4 Å². The van der Waals surface area contributed by atoms with E-state index in [0.29, 0.717) is 28.8 Å². The van der Waals surface area contributed by atoms with Crippen LogP contribution in [0.5, 0.6) is 0 Å². The summed E-state index contributed by atoms with van der Waals surface area (Å²) in [4.78, 5) is 20.6. The number of rotatable bonds is 5. The number of hydrogen-bond donors (Lipinski definition) is 1. The topological polar surface area (TPSA) is 54.9 Å². The molecule has 2 aromatic carbocycles. The summed E-state index contributed by atoms with van der Waals surface area (Å²) >= 11 is 3.15. The molecule has 0 aliphatic rings. The molecular formula is C19H15BrFN3O. The van der Waals surface area contributed by atoms with Crippen molar-refractivity contribution in [2.45, 2.75) is 6.42 Å². The molecule has 0 fully saturated rings. The molecule has 4 nitrogen and oxygen atoms in total. The zero-order chi connectivity index (χ0) is 17.6. The first-order valence-electron chi connectivity index (χ1n) is 7.73. The van der Waals surface area contributed by atoms with Crippen molar-refractivity contribution in [1.29, 1.82) is 0 Å². The minimum atomic E-state index is -0.302. The maximum atomic E-state index is 13.2. The van der Waals surface area contributed by atoms with Crippen LogP contribution in [0.4, 0.5) is 4.39 Å². The maximum absolute atomic E-state index is 13.2. The van der Waals surface area contributed by atoms with E-state index in [4.69, 9.17) is 0 Å². The third-order valence-electron chi connectivity index (χ3n) is 3.63. The normalized spacial score (nSPS) is 10.5. The largest absolute Gasteiger partial charge is 0.352 e. The predicted molar refractivity (Wildman–Crippen MR) is 97.6 cm³/mol. The van der Waals surface area contributed by atoms with Crippen molar-refractivity contribution in [3.8, 4) is 11.4 Å². The molecule has 0 aliphatic heterocycles. The van der Waals surface area contributed by atoms with E-state index in [9.17, 15) is 9.18 Å². The molecule has 3 aromatic rings. The fraction of sp³-hybridized carbons (Fsp3) is 0.105. The van der Waals surface area contributed by atoms with Crippen LogP contribution in [0.15, 0.2) is 65.4 Å². The van der Waals surface area contributed by atoms with Gasteiger partial charge in [0.25, 0.3) is 5.91 Å². The Morgan fingerprint density at radius 1 is 1.08 bits per heavy atom. The molecule has 0 saturated heterocycles. The van der Waals surface area contributed by atoms with E-state index < -0.39 is 0 Å². The highest BCUT2D eigenvalue weighted by molar-refractivity contribution is 9.10. The molecule has 0 spiro atoms. The summed E-state index contributed by atoms with van der Waals surface area (Å²) in [7, 11) is 0. The molecule has 25 heavy (non-hydrogen) atoms. The van der Waals surface area contributed by atoms with Crippen molar-refractivity contribution in [2.24, 2.45) is 0 Å². The molecule has 1 amide bonds. The lowest BCUT2D eigenvalue weighted by molar-refractivity contribution is 0.0953. The fourth-order valence-corrected chi connectivity index (χ4v) is 2.73. The van der Waals surface area contributed by atoms with E-state index in [1.807, 2.05) is 30.3 Å². The van der Waals surface area contributed by atoms with Crippen molar-refractivity contribution in [1.82, 2.24) is 15.3 Å². The van der Waals surface area contributed by atoms with Gasteiger partial charge in [0.1, 0.15) is 5.82 Å². The number of halogens is 2. The quantitative estimate of drug-likeness (QED) is 0.704. The van der Waals surface area contributed by atoms with Crippen molar-refractivity contribution in [2.75, 3.05) is 6.54 Å². The Bertz CT molecular complexity index is 870. The molecule has 0 atom stereocenters. The lowest BCUT2D eigenvalue weighted by Gasteiger charge is -2.06. The van der Waals surface area contributed by atoms with Gasteiger partial charge >= 0.3 is 0 Å². The third-order valence-corrected chi connectivity index (χ3v) is 4.24. The van der Waals surface area contributed by atoms with Crippen LogP contribution in [-0.2, 0) is 6.42 Å². The Morgan fingerprint density at radius 3 is 2.48 bits per heavy atom. The number of benzene rings is 2. The molecule has 1 aromatic heterocycles. The number of hydrogen-bond acceptors (Lipinski definition) is 3. The van der Waals surface area contributed by atoms with Crippen molar-refractivity contribution >= 4 is 21.8 Å². The van der Waals surface area contributed by atoms with Crippen LogP contribution in [0.1, 0.15) is 15.9 Å². The van der Waals surface area contributed by atoms with Gasteiger partial charge in [0.15, 0.2) is 5.82 Å². The van der Waals surface area contributed by atoms with Gasteiger partial charge in [-0.2, -0.15) is 0 Å². The summed E-state index contributed by atoms with van der Waals surface area (Å²) in [6.45, 7) is 0.442. The first-order chi connectivity index (χ1) is 12.1. The SMILES string of the molecule is O=C(NCCc1ccc(F)c(Br)c1)c1cnc(-c2ccccc2)nc1. The average Bonchev–Trinajstić information content (AvgIpc) is 2.65. The van der Waals surface area contributed by atoms with Crippen molar-refractivity contribution in [3.05, 3.63) is 82.3 Å². The zero-order valence-corrected chi connectivity index (χ0v) is 14.8. The second kappa shape index (κ2) is 7.98. The summed E-state index contributed by atoms with van der Waals surface area (Å²) < 4.78 is 13.6. The maximum Gasteiger partial charge on any atom is 0.254 e. The lowest BCUT2D eigenvalue weighted by atomic mass is 10.1. The summed E-state index contributed by atoms with van der Waals surface area (Å²) in [5.41, 5.74) is 2.24. The second-order valence-electron chi connectivity index (χ2n) is 5.42. The van der Waals surface area contributed by atoms with Crippen LogP contribution >= 0.6 is 15.9 Å². The Balaban J connectivity index is 1.57. The number of nitrogens with zero attached hydrogens (tertiary/aromatic N) is 2. The standard InChI is InChI=1S/C19H15BrFN3O/c20-16-10-13(6-7-17(16)21)8-9-22-19(25)15-11-23-18(24-12-15)14-4-2-1-3-5-14/h1-7,10-12H,8-9H2,(H,22,25). The van der Waals surface area contributed by atoms with E-state index in [2.05, 4.69) is 31.2 Å². The zero-order valence-electron chi connectivity index (χ0n) is 13.2. The van der Waals surface area contributed by atoms with Gasteiger partial charge in [0.05, 0.1) is 10.0 Å². The average molecular weight is 400 g/mol. The number of amides is 1. The first-order valence-corrected chi connectivity index (χ1v) is 8.52. The van der Waals surface area contributed by atoms with Gasteiger partial charge in [0.2, 0.25) is 0 Å². The smallest absolute Gasteiger partial charge is 0.254 e. The third kappa shape index (κ3) is 4.48. The van der Waals surface area contributed by atoms with E-state index in [-0.39, 0.29) is 11.7 Å². The summed E-state index contributed by atoms with van der Waals surface area (Å²) in [6.07, 6.45) is 3.63. The molecule has 3 rings (SSSR count). The molecule has 0 unspecified atom stereocenters. The molecule has 1 N–H and O–H groups in total. The molecule has 0 radical (unpaired) electrons. The number of carbonyl (C=O) groups is 1. The first kappa shape index (κ1) is 17.2. The minimum absolute atomic E-state index is 0.235. The Morgan fingerprint density at radius 2 is 1.80 bits per heavy atom. The second-order valence-corrected chi connectivity index (χ2v) is 6.27. The fourth-order valence-electron chi connectivity index (χ4n) is 2.30. The minimum Gasteiger partial charge on any atom is -0.352 e. The molecule has 0 aliphatic carbocycles. The van der Waals surface area contributed by atoms with Crippen LogP contribution in [0.3, 0.4) is 0 Å². The van der Waals surface area contributed by atoms with Gasteiger partial charge in [-0.05, 0) is 40.0 Å². The van der Waals surface area contributed by atoms with Gasteiger partial charge in [-0.3, -0.25) is 4.79 Å². The van der Waals surface area contributed by atoms with Crippen LogP contribution in [0, 0.1) is 5.82 Å². The Hall–Kier alpha value is -2.60. The molecule has 0 bridgehead atoms. The Labute approximate surface area is 153 Å². The molecule has 6 heteroatoms. The van der Waals surface area contributed by atoms with Crippen molar-refractivity contribution < 1.29 is 9.18 Å². The number of carbonyl (C=O) groups excluding carboxylic acids is 1. The van der Waals surface area contributed by atoms with E-state index >= 15 is 0 Å². The molecular weight excluding hydrogens is 385 g/mol. The molecule has 126 valence electrons. The van der Waals surface area contributed by atoms with Gasteiger partial charge in [-0.25, -0.2) is 14.4 Å². The van der Waals surface area contributed by atoms with Crippen LogP contribution in [-0.4, -0.2) is 22.4 Å². The lowest BCUT2D eigenvalue weighted by Crippen LogP contribution is -2.26. The highest BCUT2D eigenvalue weighted by Gasteiger charge is 2.08. The number of nitrogens with one attached hydrogen (secondary N) is 1. The van der Waals surface area contributed by atoms with E-state index in [1.54, 1.807) is 12.1 Å². The summed E-state index contributed by atoms with van der Waals surface area (Å²) in [5.74, 6) is 0.0394. The van der Waals surface area contributed by atoms with Gasteiger partial charge in [0, 0.05) is 24.5 Å². The van der Waals surface area contributed by atoms with Crippen LogP contribution in [0.2, 0.25) is 0 Å². The van der Waals surface area contributed by atoms with Gasteiger partial charge < -0.3 is 5.32 Å². The Kier molecular flexibility index (Phi) is 5.50. The summed E-state index contributed by atoms with van der Waals surface area (Å²) in [5, 5.41) is 2.81. The van der Waals surface area contributed by atoms with Crippen LogP contribution < -0.4 is 5.32 Å². The number of aromatic nitrogens is 2. The summed E-state index contributed by atoms with van der Waals surface area (Å²) in [6, 6.07) is 14.4.